The number of aromatic nitrogens is 2. The molecule has 132 valence electrons. The van der Waals surface area contributed by atoms with Crippen molar-refractivity contribution in [3.63, 3.8) is 0 Å². The molecule has 0 amide bonds. The Bertz CT molecular complexity index is 928. The highest BCUT2D eigenvalue weighted by Gasteiger charge is 2.29. The summed E-state index contributed by atoms with van der Waals surface area (Å²) >= 11 is 4.41. The molecule has 1 aliphatic heterocycles. The van der Waals surface area contributed by atoms with Crippen molar-refractivity contribution in [3.8, 4) is 5.75 Å². The number of halogens is 1. The number of carbonyl (C=O) groups is 1. The number of hydrogen-bond acceptors (Lipinski definition) is 6. The van der Waals surface area contributed by atoms with E-state index in [1.165, 1.54) is 6.20 Å². The van der Waals surface area contributed by atoms with Gasteiger partial charge in [0.15, 0.2) is 17.4 Å². The van der Waals surface area contributed by atoms with Crippen molar-refractivity contribution in [2.24, 2.45) is 0 Å². The van der Waals surface area contributed by atoms with Crippen LogP contribution in [0, 0.1) is 5.82 Å². The second-order valence-corrected chi connectivity index (χ2v) is 7.11. The molecule has 0 spiro atoms. The number of thiol groups is 1. The quantitative estimate of drug-likeness (QED) is 0.642. The van der Waals surface area contributed by atoms with Crippen LogP contribution in [0.2, 0.25) is 0 Å². The average molecular weight is 365 g/mol. The zero-order valence-electron chi connectivity index (χ0n) is 13.2. The third kappa shape index (κ3) is 2.92. The van der Waals surface area contributed by atoms with Crippen LogP contribution in [0.3, 0.4) is 0 Å². The molecule has 1 saturated heterocycles. The zero-order valence-corrected chi connectivity index (χ0v) is 14.1. The minimum atomic E-state index is -1.58. The van der Waals surface area contributed by atoms with Gasteiger partial charge in [-0.15, -0.1) is 0 Å². The van der Waals surface area contributed by atoms with Gasteiger partial charge in [-0.1, -0.05) is 0 Å². The van der Waals surface area contributed by atoms with Gasteiger partial charge in [-0.2, -0.15) is 12.6 Å². The normalized spacial score (nSPS) is 20.2. The van der Waals surface area contributed by atoms with E-state index in [1.54, 1.807) is 4.57 Å². The summed E-state index contributed by atoms with van der Waals surface area (Å²) in [5.74, 6) is -0.746. The predicted molar refractivity (Wildman–Crippen MR) is 92.5 cm³/mol. The fourth-order valence-corrected chi connectivity index (χ4v) is 3.48. The molecule has 0 bridgehead atoms. The molecule has 1 saturated carbocycles. The van der Waals surface area contributed by atoms with E-state index in [2.05, 4.69) is 22.3 Å². The van der Waals surface area contributed by atoms with E-state index < -0.39 is 17.4 Å². The van der Waals surface area contributed by atoms with Crippen LogP contribution in [-0.2, 0) is 0 Å². The van der Waals surface area contributed by atoms with Crippen molar-refractivity contribution in [3.05, 3.63) is 28.3 Å². The van der Waals surface area contributed by atoms with Crippen LogP contribution in [0.15, 0.2) is 17.1 Å². The molecule has 0 aromatic carbocycles. The van der Waals surface area contributed by atoms with Crippen LogP contribution >= 0.6 is 12.6 Å². The van der Waals surface area contributed by atoms with E-state index >= 15 is 0 Å². The van der Waals surface area contributed by atoms with Crippen molar-refractivity contribution in [1.29, 1.82) is 0 Å². The van der Waals surface area contributed by atoms with Crippen LogP contribution in [0.25, 0.3) is 11.0 Å². The predicted octanol–water partition coefficient (Wildman–Crippen LogP) is 2.44. The van der Waals surface area contributed by atoms with E-state index in [4.69, 9.17) is 5.11 Å². The fraction of sp³-hybridized carbons (Fsp3) is 0.438. The minimum absolute atomic E-state index is 0.0218. The summed E-state index contributed by atoms with van der Waals surface area (Å²) in [7, 11) is 0. The van der Waals surface area contributed by atoms with E-state index in [1.807, 2.05) is 4.90 Å². The van der Waals surface area contributed by atoms with E-state index in [0.29, 0.717) is 18.7 Å². The highest BCUT2D eigenvalue weighted by Crippen LogP contribution is 2.38. The number of rotatable bonds is 3. The van der Waals surface area contributed by atoms with Gasteiger partial charge in [0.05, 0.1) is 11.6 Å². The summed E-state index contributed by atoms with van der Waals surface area (Å²) in [4.78, 5) is 29.5. The number of nitrogens with zero attached hydrogens (tertiary/aromatic N) is 3. The average Bonchev–Trinajstić information content (AvgIpc) is 3.31. The van der Waals surface area contributed by atoms with Crippen LogP contribution in [0.1, 0.15) is 25.3 Å². The summed E-state index contributed by atoms with van der Waals surface area (Å²) in [6, 6.07) is 1.24. The van der Waals surface area contributed by atoms with Crippen LogP contribution in [0.4, 0.5) is 15.0 Å². The molecule has 1 N–H and O–H groups in total. The molecule has 3 heterocycles. The van der Waals surface area contributed by atoms with Gasteiger partial charge in [-0.3, -0.25) is 4.79 Å². The van der Waals surface area contributed by atoms with Gasteiger partial charge in [0.2, 0.25) is 5.43 Å². The Labute approximate surface area is 147 Å². The molecule has 0 radical (unpaired) electrons. The maximum Gasteiger partial charge on any atom is 0.511 e. The molecule has 1 atom stereocenters. The summed E-state index contributed by atoms with van der Waals surface area (Å²) in [6.07, 6.45) is 2.39. The van der Waals surface area contributed by atoms with Crippen molar-refractivity contribution in [2.75, 3.05) is 18.0 Å². The van der Waals surface area contributed by atoms with E-state index in [9.17, 15) is 14.0 Å². The summed E-state index contributed by atoms with van der Waals surface area (Å²) in [5, 5.41) is 8.98. The minimum Gasteiger partial charge on any atom is -0.449 e. The van der Waals surface area contributed by atoms with Crippen LogP contribution < -0.4 is 15.1 Å². The first-order chi connectivity index (χ1) is 11.9. The van der Waals surface area contributed by atoms with E-state index in [0.717, 1.165) is 25.3 Å². The molecule has 25 heavy (non-hydrogen) atoms. The number of pyridine rings is 2. The van der Waals surface area contributed by atoms with Crippen molar-refractivity contribution in [2.45, 2.75) is 30.6 Å². The molecule has 1 unspecified atom stereocenters. The van der Waals surface area contributed by atoms with Gasteiger partial charge in [0, 0.05) is 24.4 Å². The molecular weight excluding hydrogens is 349 g/mol. The lowest BCUT2D eigenvalue weighted by Crippen LogP contribution is -2.24. The molecule has 2 aromatic rings. The Morgan fingerprint density at radius 1 is 1.40 bits per heavy atom. The summed E-state index contributed by atoms with van der Waals surface area (Å²) < 4.78 is 20.9. The highest BCUT2D eigenvalue weighted by molar-refractivity contribution is 7.81. The SMILES string of the molecule is O=C(O)Oc1cn(C2CC2)c2nc(N3CCC(S)C3)c(F)cc2c1=O. The van der Waals surface area contributed by atoms with Gasteiger partial charge in [-0.25, -0.2) is 14.2 Å². The lowest BCUT2D eigenvalue weighted by atomic mass is 10.2. The maximum atomic E-state index is 14.6. The van der Waals surface area contributed by atoms with Crippen molar-refractivity contribution < 1.29 is 19.0 Å². The first-order valence-electron chi connectivity index (χ1n) is 8.03. The molecule has 9 heteroatoms. The van der Waals surface area contributed by atoms with Gasteiger partial charge in [0.25, 0.3) is 0 Å². The Morgan fingerprint density at radius 3 is 2.76 bits per heavy atom. The van der Waals surface area contributed by atoms with E-state index in [-0.39, 0.29) is 28.2 Å². The van der Waals surface area contributed by atoms with Gasteiger partial charge in [-0.05, 0) is 25.3 Å². The maximum absolute atomic E-state index is 14.6. The molecule has 7 nitrogen and oxygen atoms in total. The lowest BCUT2D eigenvalue weighted by molar-refractivity contribution is 0.143. The summed E-state index contributed by atoms with van der Waals surface area (Å²) in [6.45, 7) is 1.24. The molecular formula is C16H16FN3O4S. The molecule has 2 aliphatic rings. The lowest BCUT2D eigenvalue weighted by Gasteiger charge is -2.19. The van der Waals surface area contributed by atoms with Crippen LogP contribution in [-0.4, -0.2) is 39.2 Å². The van der Waals surface area contributed by atoms with Gasteiger partial charge >= 0.3 is 6.16 Å². The Morgan fingerprint density at radius 2 is 2.16 bits per heavy atom. The molecule has 2 aromatic heterocycles. The summed E-state index contributed by atoms with van der Waals surface area (Å²) in [5.41, 5.74) is -0.329. The Hall–Kier alpha value is -2.29. The number of carboxylic acid groups (broad SMARTS) is 1. The molecule has 2 fully saturated rings. The number of hydrogen-bond donors (Lipinski definition) is 2. The molecule has 1 aliphatic carbocycles. The van der Waals surface area contributed by atoms with Gasteiger partial charge < -0.3 is 19.3 Å². The third-order valence-corrected chi connectivity index (χ3v) is 4.93. The molecule has 4 rings (SSSR count). The van der Waals surface area contributed by atoms with Crippen LogP contribution in [0.5, 0.6) is 5.75 Å². The van der Waals surface area contributed by atoms with Crippen molar-refractivity contribution >= 4 is 35.6 Å². The third-order valence-electron chi connectivity index (χ3n) is 4.51. The Balaban J connectivity index is 1.90. The van der Waals surface area contributed by atoms with Crippen molar-refractivity contribution in [1.82, 2.24) is 9.55 Å². The number of anilines is 1. The van der Waals surface area contributed by atoms with Gasteiger partial charge in [0.1, 0.15) is 5.65 Å². The fourth-order valence-electron chi connectivity index (χ4n) is 3.17. The second-order valence-electron chi connectivity index (χ2n) is 6.38. The second kappa shape index (κ2) is 5.91. The number of ether oxygens (including phenoxy) is 1. The standard InChI is InChI=1S/C16H16FN3O4S/c17-11-5-10-13(21)12(24-16(22)23)7-20(8-1-2-8)14(10)18-15(11)19-4-3-9(25)6-19/h5,7-9,25H,1-4,6H2,(H,22,23). The largest absolute Gasteiger partial charge is 0.511 e. The first kappa shape index (κ1) is 16.2. The number of fused-ring (bicyclic) bond motifs is 1. The Kier molecular flexibility index (Phi) is 3.82. The topological polar surface area (TPSA) is 84.7 Å². The first-order valence-corrected chi connectivity index (χ1v) is 8.55. The smallest absolute Gasteiger partial charge is 0.449 e. The highest BCUT2D eigenvalue weighted by atomic mass is 32.1. The monoisotopic (exact) mass is 365 g/mol. The zero-order chi connectivity index (χ0) is 17.7.